The monoisotopic (exact) mass is 1230 g/mol. The minimum absolute atomic E-state index is 0.0637. The third kappa shape index (κ3) is 25.1. The summed E-state index contributed by atoms with van der Waals surface area (Å²) in [6.07, 6.45) is 22.3. The van der Waals surface area contributed by atoms with Crippen molar-refractivity contribution in [3.63, 3.8) is 0 Å². The number of aliphatic carboxylic acids is 1. The van der Waals surface area contributed by atoms with Crippen molar-refractivity contribution in [1.29, 1.82) is 0 Å². The summed E-state index contributed by atoms with van der Waals surface area (Å²) in [4.78, 5) is 93.5. The zero-order valence-electron chi connectivity index (χ0n) is 51.7. The molecule has 0 unspecified atom stereocenters. The van der Waals surface area contributed by atoms with Crippen LogP contribution in [0.1, 0.15) is 128 Å². The summed E-state index contributed by atoms with van der Waals surface area (Å²) in [6.45, 7) is 12.3. The van der Waals surface area contributed by atoms with Crippen molar-refractivity contribution in [3.8, 4) is 5.88 Å². The highest BCUT2D eigenvalue weighted by molar-refractivity contribution is 5.95. The van der Waals surface area contributed by atoms with E-state index < -0.39 is 60.3 Å². The fourth-order valence-electron chi connectivity index (χ4n) is 9.86. The van der Waals surface area contributed by atoms with Crippen molar-refractivity contribution >= 4 is 58.6 Å². The number of carboxylic acids is 1. The summed E-state index contributed by atoms with van der Waals surface area (Å²) in [7, 11) is 0. The van der Waals surface area contributed by atoms with Crippen LogP contribution in [-0.2, 0) is 39.9 Å². The number of aromatic hydroxyl groups is 1. The lowest BCUT2D eigenvalue weighted by Gasteiger charge is -2.39. The van der Waals surface area contributed by atoms with Crippen LogP contribution < -0.4 is 49.6 Å². The summed E-state index contributed by atoms with van der Waals surface area (Å²) in [5.41, 5.74) is 21.7. The second-order valence-electron chi connectivity index (χ2n) is 22.5. The molecule has 1 fully saturated rings. The molecule has 26 heteroatoms. The number of carboxylic acid groups (broad SMARTS) is 1. The number of hydrogen-bond acceptors (Lipinski definition) is 21. The first-order chi connectivity index (χ1) is 42.5. The number of anilines is 2. The molecule has 2 aliphatic rings. The summed E-state index contributed by atoms with van der Waals surface area (Å²) < 4.78 is 17.3. The number of amides is 4. The number of rotatable bonds is 34. The van der Waals surface area contributed by atoms with Gasteiger partial charge in [-0.15, -0.1) is 0 Å². The van der Waals surface area contributed by atoms with Gasteiger partial charge in [-0.05, 0) is 115 Å². The van der Waals surface area contributed by atoms with E-state index in [0.717, 1.165) is 17.6 Å². The first kappa shape index (κ1) is 71.0. The van der Waals surface area contributed by atoms with Crippen molar-refractivity contribution in [2.24, 2.45) is 29.1 Å². The molecule has 26 nitrogen and oxygen atoms in total. The maximum Gasteiger partial charge on any atom is 0.407 e. The summed E-state index contributed by atoms with van der Waals surface area (Å²) >= 11 is 0. The van der Waals surface area contributed by atoms with Crippen LogP contribution in [0.25, 0.3) is 11.2 Å². The first-order valence-corrected chi connectivity index (χ1v) is 30.1. The van der Waals surface area contributed by atoms with Gasteiger partial charge >= 0.3 is 18.0 Å². The van der Waals surface area contributed by atoms with E-state index in [2.05, 4.69) is 59.5 Å². The van der Waals surface area contributed by atoms with Crippen LogP contribution in [0.2, 0.25) is 0 Å². The third-order valence-corrected chi connectivity index (χ3v) is 14.7. The number of unbranched alkanes of at least 4 members (excludes halogenated alkanes) is 1. The Kier molecular flexibility index (Phi) is 29.2. The normalized spacial score (nSPS) is 19.9. The van der Waals surface area contributed by atoms with Crippen molar-refractivity contribution in [2.45, 2.75) is 167 Å². The Morgan fingerprint density at radius 3 is 2.43 bits per heavy atom. The first-order valence-electron chi connectivity index (χ1n) is 30.1. The molecule has 4 amide bonds. The minimum Gasteiger partial charge on any atom is -0.492 e. The van der Waals surface area contributed by atoms with E-state index in [1.54, 1.807) is 37.3 Å². The molecule has 16 N–H and O–H groups in total. The number of benzene rings is 1. The standard InChI is InChI=1S/C63H90N14O12/c1-7-13-52-42(6)51(78)34-53(89-52)48(17-10-14-38(2)32-40(4)33-39(3)20-26-47-15-11-19-55(80)88-47)74-63(86)87-31-28-44(65)37-77(67)30-12-18-49(59(82)73-50(61(84)85)16-8-9-29-64)72-54(79)27-21-41(5)70-58(81)43-22-24-45(25-23-43)68-35-46-36-69-57-56(71-46)60(83)76-62(66)75-57/h7,10-11,13-14,17,19-20,22-26,33,36-37,40-42,47-53,68,78H,8-9,12,15-16,18,21,27-32,34-35,64-65,67H2,1-6H3,(H,70,81)(H,72,79)(H,73,82)(H,74,86)(H,84,85)(H3,66,69,75,76,83)/b13-7+,17-10+,26-20+,38-14+,39-33-,44-37-/t40-,41-,42+,47-,48-,49+,50-,51-,52+,53+/m1/s1. The number of nitrogens with zero attached hydrogens (tertiary/aromatic N) is 5. The molecule has 2 aliphatic heterocycles. The van der Waals surface area contributed by atoms with E-state index in [4.69, 9.17) is 37.3 Å². The topological polar surface area (TPSA) is 410 Å². The molecule has 2 aromatic heterocycles. The zero-order chi connectivity index (χ0) is 65.0. The fourth-order valence-corrected chi connectivity index (χ4v) is 9.86. The molecule has 0 saturated carbocycles. The molecular weight excluding hydrogens is 1140 g/mol. The number of allylic oxidation sites excluding steroid dienone is 7. The van der Waals surface area contributed by atoms with Crippen molar-refractivity contribution in [2.75, 3.05) is 30.7 Å². The molecule has 484 valence electrons. The van der Waals surface area contributed by atoms with E-state index in [1.165, 1.54) is 23.5 Å². The molecule has 1 aromatic carbocycles. The molecule has 5 rings (SSSR count). The van der Waals surface area contributed by atoms with E-state index in [1.807, 2.05) is 70.2 Å². The lowest BCUT2D eigenvalue weighted by Crippen LogP contribution is -2.52. The highest BCUT2D eigenvalue weighted by Gasteiger charge is 2.37. The molecule has 89 heavy (non-hydrogen) atoms. The Hall–Kier alpha value is -8.72. The average Bonchev–Trinajstić information content (AvgIpc) is 2.27. The van der Waals surface area contributed by atoms with Crippen molar-refractivity contribution in [1.82, 2.24) is 46.2 Å². The van der Waals surface area contributed by atoms with Gasteiger partial charge in [0.1, 0.15) is 18.2 Å². The highest BCUT2D eigenvalue weighted by atomic mass is 16.6. The Bertz CT molecular complexity index is 3080. The number of carbonyl (C=O) groups is 6. The largest absolute Gasteiger partial charge is 0.492 e. The molecule has 4 heterocycles. The maximum absolute atomic E-state index is 13.7. The number of fused-ring (bicyclic) bond motifs is 1. The quantitative estimate of drug-likeness (QED) is 0.00904. The highest BCUT2D eigenvalue weighted by Crippen LogP contribution is 2.29. The molecule has 0 bridgehead atoms. The Morgan fingerprint density at radius 1 is 0.955 bits per heavy atom. The number of carbonyl (C=O) groups excluding carboxylic acids is 5. The smallest absolute Gasteiger partial charge is 0.407 e. The van der Waals surface area contributed by atoms with Crippen molar-refractivity contribution in [3.05, 3.63) is 126 Å². The predicted molar refractivity (Wildman–Crippen MR) is 337 cm³/mol. The van der Waals surface area contributed by atoms with Gasteiger partial charge in [0.05, 0.1) is 49.4 Å². The second-order valence-corrected chi connectivity index (χ2v) is 22.5. The molecule has 0 aliphatic carbocycles. The summed E-state index contributed by atoms with van der Waals surface area (Å²) in [6, 6.07) is 3.16. The molecule has 0 spiro atoms. The fraction of sp³-hybridized carbons (Fsp3) is 0.492. The number of hydrazine groups is 1. The zero-order valence-corrected chi connectivity index (χ0v) is 51.7. The van der Waals surface area contributed by atoms with E-state index in [-0.39, 0.29) is 129 Å². The molecular formula is C63H90N14O12. The number of hydrogen-bond donors (Lipinski definition) is 12. The van der Waals surface area contributed by atoms with Gasteiger partial charge in [-0.25, -0.2) is 30.2 Å². The molecule has 0 radical (unpaired) electrons. The number of nitrogens with one attached hydrogen (secondary N) is 5. The third-order valence-electron chi connectivity index (χ3n) is 14.7. The lowest BCUT2D eigenvalue weighted by atomic mass is 9.87. The van der Waals surface area contributed by atoms with E-state index in [9.17, 15) is 44.1 Å². The SMILES string of the molecule is C/C=C/[C@@H]1O[C@H]([C@@H](/C=C/C=C(\C)C[C@@H](C)/C=C(C)\C=C\[C@H]2CC=CC(=O)O2)NC(=O)OCC/C(N)=C/N(N)CCC[C@H](NC(=O)CC[C@@H](C)NC(=O)c2ccc(NCc3cnc4nc(N)nc(O)c4n3)cc2)C(=O)N[C@H](CCCCN)C(=O)O)C[C@@H](O)[C@@H]1C. The number of alkyl carbamates (subject to hydrolysis) is 1. The maximum atomic E-state index is 13.7. The molecule has 1 saturated heterocycles. The van der Waals surface area contributed by atoms with Gasteiger partial charge in [-0.2, -0.15) is 9.97 Å². The van der Waals surface area contributed by atoms with E-state index in [0.29, 0.717) is 42.8 Å². The summed E-state index contributed by atoms with van der Waals surface area (Å²) in [5, 5.41) is 46.6. The van der Waals surface area contributed by atoms with Crippen LogP contribution in [0.15, 0.2) is 114 Å². The van der Waals surface area contributed by atoms with Gasteiger partial charge in [-0.3, -0.25) is 14.4 Å². The van der Waals surface area contributed by atoms with Gasteiger partial charge < -0.3 is 78.3 Å². The predicted octanol–water partition coefficient (Wildman–Crippen LogP) is 5.28. The average molecular weight is 1240 g/mol. The van der Waals surface area contributed by atoms with Crippen molar-refractivity contribution < 1.29 is 58.3 Å². The number of nitrogens with two attached hydrogens (primary N) is 4. The molecule has 10 atom stereocenters. The number of esters is 1. The number of nitrogen functional groups attached to an aromatic ring is 1. The Balaban J connectivity index is 1.11. The van der Waals surface area contributed by atoms with Crippen LogP contribution in [0.3, 0.4) is 0 Å². The lowest BCUT2D eigenvalue weighted by molar-refractivity contribution is -0.142. The number of aliphatic hydroxyl groups is 1. The van der Waals surface area contributed by atoms with Gasteiger partial charge in [0, 0.05) is 73.4 Å². The van der Waals surface area contributed by atoms with Gasteiger partial charge in [-0.1, -0.05) is 73.6 Å². The Labute approximate surface area is 519 Å². The number of aromatic nitrogens is 4. The second kappa shape index (κ2) is 36.6. The minimum atomic E-state index is -1.23. The summed E-state index contributed by atoms with van der Waals surface area (Å²) in [5.74, 6) is 2.66. The van der Waals surface area contributed by atoms with Crippen LogP contribution in [0.4, 0.5) is 16.4 Å². The van der Waals surface area contributed by atoms with Crippen LogP contribution in [-0.4, -0.2) is 144 Å². The van der Waals surface area contributed by atoms with Crippen LogP contribution >= 0.6 is 0 Å². The van der Waals surface area contributed by atoms with Gasteiger partial charge in [0.25, 0.3) is 5.91 Å². The molecule has 3 aromatic rings. The number of cyclic esters (lactones) is 1. The van der Waals surface area contributed by atoms with Gasteiger partial charge in [0.15, 0.2) is 11.2 Å². The van der Waals surface area contributed by atoms with E-state index >= 15 is 0 Å². The van der Waals surface area contributed by atoms with Crippen LogP contribution in [0, 0.1) is 11.8 Å². The number of aliphatic hydroxyl groups excluding tert-OH is 1. The number of ether oxygens (including phenoxy) is 3. The van der Waals surface area contributed by atoms with Gasteiger partial charge in [0.2, 0.25) is 23.6 Å². The van der Waals surface area contributed by atoms with Crippen LogP contribution in [0.5, 0.6) is 5.88 Å². The Morgan fingerprint density at radius 2 is 1.71 bits per heavy atom.